The molecule has 1 aliphatic heterocycles. The molecular formula is C20H26N4O3. The largest absolute Gasteiger partial charge is 0.480 e. The summed E-state index contributed by atoms with van der Waals surface area (Å²) in [7, 11) is 0. The topological polar surface area (TPSA) is 87.5 Å². The highest BCUT2D eigenvalue weighted by Crippen LogP contribution is 2.25. The van der Waals surface area contributed by atoms with Gasteiger partial charge in [0.2, 0.25) is 5.91 Å². The maximum atomic E-state index is 12.3. The Hall–Kier alpha value is -2.67. The number of benzene rings is 1. The second kappa shape index (κ2) is 8.81. The summed E-state index contributed by atoms with van der Waals surface area (Å²) >= 11 is 0. The Labute approximate surface area is 159 Å². The monoisotopic (exact) mass is 370 g/mol. The number of hydrogen-bond acceptors (Lipinski definition) is 4. The molecule has 0 saturated carbocycles. The van der Waals surface area contributed by atoms with Crippen molar-refractivity contribution in [2.24, 2.45) is 0 Å². The van der Waals surface area contributed by atoms with Gasteiger partial charge in [-0.2, -0.15) is 5.10 Å². The Kier molecular flexibility index (Phi) is 6.24. The second-order valence-electron chi connectivity index (χ2n) is 7.11. The minimum atomic E-state index is -0.903. The fourth-order valence-corrected chi connectivity index (χ4v) is 3.52. The number of carbonyl (C=O) groups is 2. The summed E-state index contributed by atoms with van der Waals surface area (Å²) in [6.07, 6.45) is 3.71. The van der Waals surface area contributed by atoms with Gasteiger partial charge >= 0.3 is 5.97 Å². The molecule has 7 nitrogen and oxygen atoms in total. The molecule has 1 saturated heterocycles. The lowest BCUT2D eigenvalue weighted by Gasteiger charge is -2.31. The summed E-state index contributed by atoms with van der Waals surface area (Å²) in [5.41, 5.74) is 3.21. The van der Waals surface area contributed by atoms with E-state index in [9.17, 15) is 9.59 Å². The van der Waals surface area contributed by atoms with Crippen LogP contribution in [0, 0.1) is 6.92 Å². The van der Waals surface area contributed by atoms with Crippen molar-refractivity contribution >= 4 is 11.9 Å². The van der Waals surface area contributed by atoms with Crippen molar-refractivity contribution in [3.05, 3.63) is 53.3 Å². The molecule has 0 aliphatic carbocycles. The number of nitrogens with zero attached hydrogens (tertiary/aromatic N) is 3. The molecule has 0 bridgehead atoms. The molecule has 0 unspecified atom stereocenters. The molecule has 0 spiro atoms. The van der Waals surface area contributed by atoms with Crippen LogP contribution in [-0.2, 0) is 22.7 Å². The van der Waals surface area contributed by atoms with E-state index in [0.29, 0.717) is 13.1 Å². The van der Waals surface area contributed by atoms with E-state index in [0.717, 1.165) is 37.2 Å². The number of nitrogens with one attached hydrogen (secondary N) is 1. The van der Waals surface area contributed by atoms with Crippen LogP contribution in [0.3, 0.4) is 0 Å². The summed E-state index contributed by atoms with van der Waals surface area (Å²) in [5.74, 6) is -0.645. The lowest BCUT2D eigenvalue weighted by Crippen LogP contribution is -2.42. The molecule has 1 fully saturated rings. The van der Waals surface area contributed by atoms with Crippen LogP contribution in [0.15, 0.2) is 36.5 Å². The van der Waals surface area contributed by atoms with Crippen LogP contribution in [0.1, 0.15) is 35.6 Å². The first-order chi connectivity index (χ1) is 13.0. The van der Waals surface area contributed by atoms with Crippen LogP contribution in [0.5, 0.6) is 0 Å². The van der Waals surface area contributed by atoms with Gasteiger partial charge in [-0.1, -0.05) is 24.3 Å². The quantitative estimate of drug-likeness (QED) is 0.776. The number of aryl methyl sites for hydroxylation is 1. The normalized spacial score (nSPS) is 17.6. The molecule has 0 radical (unpaired) electrons. The van der Waals surface area contributed by atoms with Gasteiger partial charge in [0.15, 0.2) is 0 Å². The van der Waals surface area contributed by atoms with E-state index >= 15 is 0 Å². The highest BCUT2D eigenvalue weighted by molar-refractivity contribution is 5.78. The zero-order chi connectivity index (χ0) is 19.2. The summed E-state index contributed by atoms with van der Waals surface area (Å²) in [6, 6.07) is 9.93. The average molecular weight is 370 g/mol. The van der Waals surface area contributed by atoms with Crippen molar-refractivity contribution in [1.29, 1.82) is 0 Å². The number of piperidine rings is 1. The number of likely N-dealkylation sites (tertiary alicyclic amines) is 1. The Morgan fingerprint density at radius 2 is 2.07 bits per heavy atom. The number of hydrogen-bond donors (Lipinski definition) is 2. The zero-order valence-electron chi connectivity index (χ0n) is 15.6. The Morgan fingerprint density at radius 1 is 1.26 bits per heavy atom. The van der Waals surface area contributed by atoms with Gasteiger partial charge in [0.1, 0.15) is 6.54 Å². The third-order valence-corrected chi connectivity index (χ3v) is 4.99. The standard InChI is InChI=1S/C20H26N4O3/c1-15-5-2-3-6-16(15)11-21-19(25)13-23-9-4-7-17(12-23)18-8-10-24(22-18)14-20(26)27/h2-3,5-6,8,10,17H,4,7,9,11-14H2,1H3,(H,21,25)(H,26,27)/t17-/m0/s1. The van der Waals surface area contributed by atoms with E-state index in [1.165, 1.54) is 10.2 Å². The third kappa shape index (κ3) is 5.40. The number of carbonyl (C=O) groups excluding carboxylic acids is 1. The van der Waals surface area contributed by atoms with Crippen molar-refractivity contribution in [3.8, 4) is 0 Å². The molecule has 3 rings (SSSR count). The molecule has 1 aromatic carbocycles. The van der Waals surface area contributed by atoms with E-state index in [1.54, 1.807) is 6.20 Å². The molecular weight excluding hydrogens is 344 g/mol. The van der Waals surface area contributed by atoms with Gasteiger partial charge in [-0.15, -0.1) is 0 Å². The summed E-state index contributed by atoms with van der Waals surface area (Å²) in [6.45, 7) is 4.49. The molecule has 144 valence electrons. The van der Waals surface area contributed by atoms with E-state index in [4.69, 9.17) is 5.11 Å². The fraction of sp³-hybridized carbons (Fsp3) is 0.450. The summed E-state index contributed by atoms with van der Waals surface area (Å²) < 4.78 is 1.45. The molecule has 1 aromatic heterocycles. The first kappa shape index (κ1) is 19.1. The maximum Gasteiger partial charge on any atom is 0.325 e. The molecule has 1 atom stereocenters. The van der Waals surface area contributed by atoms with E-state index in [1.807, 2.05) is 37.3 Å². The lowest BCUT2D eigenvalue weighted by atomic mass is 9.95. The lowest BCUT2D eigenvalue weighted by molar-refractivity contribution is -0.137. The molecule has 27 heavy (non-hydrogen) atoms. The minimum Gasteiger partial charge on any atom is -0.480 e. The highest BCUT2D eigenvalue weighted by Gasteiger charge is 2.24. The van der Waals surface area contributed by atoms with Crippen molar-refractivity contribution < 1.29 is 14.7 Å². The summed E-state index contributed by atoms with van der Waals surface area (Å²) in [4.78, 5) is 25.3. The molecule has 1 aliphatic rings. The molecule has 7 heteroatoms. The van der Waals surface area contributed by atoms with Crippen molar-refractivity contribution in [2.45, 2.75) is 38.8 Å². The van der Waals surface area contributed by atoms with Gasteiger partial charge in [-0.05, 0) is 43.5 Å². The number of aliphatic carboxylic acids is 1. The number of carboxylic acids is 1. The fourth-order valence-electron chi connectivity index (χ4n) is 3.52. The van der Waals surface area contributed by atoms with Gasteiger partial charge in [0, 0.05) is 25.2 Å². The SMILES string of the molecule is Cc1ccccc1CNC(=O)CN1CCC[C@H](c2ccn(CC(=O)O)n2)C1. The first-order valence-corrected chi connectivity index (χ1v) is 9.30. The zero-order valence-corrected chi connectivity index (χ0v) is 15.6. The van der Waals surface area contributed by atoms with E-state index in [2.05, 4.69) is 15.3 Å². The predicted molar refractivity (Wildman–Crippen MR) is 101 cm³/mol. The van der Waals surface area contributed by atoms with Gasteiger partial charge in [0.05, 0.1) is 12.2 Å². The van der Waals surface area contributed by atoms with Crippen LogP contribution >= 0.6 is 0 Å². The second-order valence-corrected chi connectivity index (χ2v) is 7.11. The number of rotatable bonds is 7. The Bertz CT molecular complexity index is 802. The van der Waals surface area contributed by atoms with Crippen LogP contribution < -0.4 is 5.32 Å². The van der Waals surface area contributed by atoms with Crippen LogP contribution in [0.4, 0.5) is 0 Å². The van der Waals surface area contributed by atoms with Gasteiger partial charge in [-0.25, -0.2) is 0 Å². The van der Waals surface area contributed by atoms with Crippen LogP contribution in [0.25, 0.3) is 0 Å². The molecule has 2 heterocycles. The smallest absolute Gasteiger partial charge is 0.325 e. The summed E-state index contributed by atoms with van der Waals surface area (Å²) in [5, 5.41) is 16.2. The van der Waals surface area contributed by atoms with E-state index < -0.39 is 5.97 Å². The predicted octanol–water partition coefficient (Wildman–Crippen LogP) is 1.77. The van der Waals surface area contributed by atoms with Gasteiger partial charge in [-0.3, -0.25) is 19.2 Å². The minimum absolute atomic E-state index is 0.0234. The highest BCUT2D eigenvalue weighted by atomic mass is 16.4. The number of amides is 1. The van der Waals surface area contributed by atoms with Crippen LogP contribution in [-0.4, -0.2) is 51.3 Å². The van der Waals surface area contributed by atoms with E-state index in [-0.39, 0.29) is 18.4 Å². The van der Waals surface area contributed by atoms with Crippen molar-refractivity contribution in [1.82, 2.24) is 20.0 Å². The molecule has 2 aromatic rings. The molecule has 2 N–H and O–H groups in total. The third-order valence-electron chi connectivity index (χ3n) is 4.99. The number of aromatic nitrogens is 2. The van der Waals surface area contributed by atoms with Gasteiger partial charge in [0.25, 0.3) is 0 Å². The first-order valence-electron chi connectivity index (χ1n) is 9.30. The van der Waals surface area contributed by atoms with Gasteiger partial charge < -0.3 is 10.4 Å². The van der Waals surface area contributed by atoms with Crippen molar-refractivity contribution in [3.63, 3.8) is 0 Å². The Morgan fingerprint density at radius 3 is 2.85 bits per heavy atom. The Balaban J connectivity index is 1.50. The maximum absolute atomic E-state index is 12.3. The van der Waals surface area contributed by atoms with Crippen molar-refractivity contribution in [2.75, 3.05) is 19.6 Å². The van der Waals surface area contributed by atoms with Crippen LogP contribution in [0.2, 0.25) is 0 Å². The molecule has 1 amide bonds. The average Bonchev–Trinajstić information content (AvgIpc) is 3.09. The number of carboxylic acid groups (broad SMARTS) is 1.